The molecule has 0 fully saturated rings. The summed E-state index contributed by atoms with van der Waals surface area (Å²) in [6.07, 6.45) is 4.43. The molecular formula is C36H33ClO12. The number of esters is 6. The van der Waals surface area contributed by atoms with Crippen LogP contribution < -0.4 is 18.9 Å². The van der Waals surface area contributed by atoms with Crippen LogP contribution in [0.15, 0.2) is 92.0 Å². The average Bonchev–Trinajstić information content (AvgIpc) is 3.09. The summed E-state index contributed by atoms with van der Waals surface area (Å²) >= 11 is 6.27. The van der Waals surface area contributed by atoms with Crippen molar-refractivity contribution < 1.29 is 57.2 Å². The van der Waals surface area contributed by atoms with E-state index in [0.29, 0.717) is 19.3 Å². The number of hydrogen-bond acceptors (Lipinski definition) is 12. The van der Waals surface area contributed by atoms with Crippen molar-refractivity contribution in [3.8, 4) is 23.0 Å². The number of carbonyl (C=O) groups excluding carboxylic acids is 6. The molecule has 0 aliphatic heterocycles. The highest BCUT2D eigenvalue weighted by Crippen LogP contribution is 2.30. The molecular weight excluding hydrogens is 660 g/mol. The van der Waals surface area contributed by atoms with Crippen LogP contribution in [0.2, 0.25) is 5.02 Å². The number of carbonyl (C=O) groups is 6. The van der Waals surface area contributed by atoms with Gasteiger partial charge in [-0.15, -0.1) is 0 Å². The molecule has 3 aromatic rings. The fourth-order valence-corrected chi connectivity index (χ4v) is 4.07. The zero-order valence-corrected chi connectivity index (χ0v) is 27.1. The molecule has 49 heavy (non-hydrogen) atoms. The van der Waals surface area contributed by atoms with Crippen LogP contribution in [0, 0.1) is 0 Å². The normalized spacial score (nSPS) is 10.2. The summed E-state index contributed by atoms with van der Waals surface area (Å²) in [5.41, 5.74) is 0.337. The Morgan fingerprint density at radius 1 is 0.551 bits per heavy atom. The number of unbranched alkanes of at least 4 members (excludes halogenated alkanes) is 2. The van der Waals surface area contributed by atoms with Crippen molar-refractivity contribution in [3.05, 3.63) is 108 Å². The zero-order valence-electron chi connectivity index (χ0n) is 26.4. The minimum Gasteiger partial charge on any atom is -0.463 e. The van der Waals surface area contributed by atoms with Gasteiger partial charge in [0.1, 0.15) is 23.0 Å². The molecule has 256 valence electrons. The first-order valence-electron chi connectivity index (χ1n) is 15.0. The van der Waals surface area contributed by atoms with E-state index in [2.05, 4.69) is 13.2 Å². The summed E-state index contributed by atoms with van der Waals surface area (Å²) in [5.74, 6) is -2.91. The summed E-state index contributed by atoms with van der Waals surface area (Å²) in [6.45, 7) is 6.90. The third-order valence-electron chi connectivity index (χ3n) is 6.33. The molecule has 0 aromatic heterocycles. The van der Waals surface area contributed by atoms with Gasteiger partial charge in [-0.1, -0.05) is 24.8 Å². The van der Waals surface area contributed by atoms with Crippen molar-refractivity contribution in [2.24, 2.45) is 0 Å². The van der Waals surface area contributed by atoms with Gasteiger partial charge in [-0.05, 0) is 86.3 Å². The van der Waals surface area contributed by atoms with Crippen LogP contribution in [0.1, 0.15) is 59.2 Å². The molecule has 0 atom stereocenters. The molecule has 0 spiro atoms. The predicted octanol–water partition coefficient (Wildman–Crippen LogP) is 6.39. The van der Waals surface area contributed by atoms with Crippen molar-refractivity contribution in [2.75, 3.05) is 13.2 Å². The first-order chi connectivity index (χ1) is 23.6. The standard InChI is InChI=1S/C36H33ClO12/c1-3-31(38)44-21-7-5-6-9-33(40)46-26-15-11-24(12-16-26)35(42)48-28-19-20-30(29(37)23-28)49-36(43)25-13-17-27(18-14-25)47-34(41)10-8-22-45-32(39)4-2/h3-4,11-20,23H,1-2,5-10,21-22H2. The maximum absolute atomic E-state index is 12.6. The van der Waals surface area contributed by atoms with Crippen molar-refractivity contribution >= 4 is 47.4 Å². The molecule has 0 aliphatic rings. The Morgan fingerprint density at radius 2 is 1.02 bits per heavy atom. The summed E-state index contributed by atoms with van der Waals surface area (Å²) in [6, 6.07) is 15.5. The number of ether oxygens (including phenoxy) is 6. The summed E-state index contributed by atoms with van der Waals surface area (Å²) in [4.78, 5) is 71.4. The van der Waals surface area contributed by atoms with Crippen LogP contribution in [-0.4, -0.2) is 49.0 Å². The predicted molar refractivity (Wildman–Crippen MR) is 176 cm³/mol. The Morgan fingerprint density at radius 3 is 1.53 bits per heavy atom. The molecule has 0 N–H and O–H groups in total. The van der Waals surface area contributed by atoms with Crippen LogP contribution in [-0.2, 0) is 28.7 Å². The molecule has 13 heteroatoms. The third kappa shape index (κ3) is 13.5. The summed E-state index contributed by atoms with van der Waals surface area (Å²) in [7, 11) is 0. The number of benzene rings is 3. The fourth-order valence-electron chi connectivity index (χ4n) is 3.86. The Labute approximate surface area is 287 Å². The molecule has 0 unspecified atom stereocenters. The number of hydrogen-bond donors (Lipinski definition) is 0. The molecule has 3 rings (SSSR count). The second kappa shape index (κ2) is 19.8. The van der Waals surface area contributed by atoms with E-state index in [1.807, 2.05) is 0 Å². The minimum atomic E-state index is -0.735. The number of rotatable bonds is 18. The van der Waals surface area contributed by atoms with Crippen molar-refractivity contribution in [3.63, 3.8) is 0 Å². The molecule has 12 nitrogen and oxygen atoms in total. The van der Waals surface area contributed by atoms with E-state index in [0.717, 1.165) is 12.2 Å². The van der Waals surface area contributed by atoms with E-state index < -0.39 is 35.8 Å². The molecule has 3 aromatic carbocycles. The fraction of sp³-hybridized carbons (Fsp3) is 0.222. The van der Waals surface area contributed by atoms with Crippen molar-refractivity contribution in [1.82, 2.24) is 0 Å². The Hall–Kier alpha value is -5.75. The second-order valence-electron chi connectivity index (χ2n) is 10.0. The maximum Gasteiger partial charge on any atom is 0.343 e. The SMILES string of the molecule is C=CC(=O)OCCCCCC(=O)Oc1ccc(C(=O)Oc2ccc(OC(=O)c3ccc(OC(=O)CCCOC(=O)C=C)cc3)c(Cl)c2)cc1. The van der Waals surface area contributed by atoms with Crippen molar-refractivity contribution in [2.45, 2.75) is 38.5 Å². The first kappa shape index (κ1) is 37.7. The molecule has 0 aliphatic carbocycles. The van der Waals surface area contributed by atoms with Gasteiger partial charge in [0.2, 0.25) is 0 Å². The molecule has 0 saturated heterocycles. The third-order valence-corrected chi connectivity index (χ3v) is 6.63. The van der Waals surface area contributed by atoms with Crippen LogP contribution in [0.25, 0.3) is 0 Å². The van der Waals surface area contributed by atoms with Gasteiger partial charge in [0.25, 0.3) is 0 Å². The second-order valence-corrected chi connectivity index (χ2v) is 10.4. The summed E-state index contributed by atoms with van der Waals surface area (Å²) in [5, 5.41) is 0.00279. The topological polar surface area (TPSA) is 158 Å². The van der Waals surface area contributed by atoms with E-state index in [4.69, 9.17) is 40.0 Å². The molecule has 0 amide bonds. The lowest BCUT2D eigenvalue weighted by molar-refractivity contribution is -0.140. The lowest BCUT2D eigenvalue weighted by atomic mass is 10.2. The maximum atomic E-state index is 12.6. The van der Waals surface area contributed by atoms with Gasteiger partial charge < -0.3 is 28.4 Å². The van der Waals surface area contributed by atoms with Crippen molar-refractivity contribution in [1.29, 1.82) is 0 Å². The van der Waals surface area contributed by atoms with Gasteiger partial charge in [0.05, 0.1) is 29.4 Å². The van der Waals surface area contributed by atoms with E-state index in [1.54, 1.807) is 0 Å². The highest BCUT2D eigenvalue weighted by atomic mass is 35.5. The lowest BCUT2D eigenvalue weighted by Gasteiger charge is -2.10. The average molecular weight is 693 g/mol. The number of halogens is 1. The van der Waals surface area contributed by atoms with Gasteiger partial charge in [0.15, 0.2) is 0 Å². The Balaban J connectivity index is 1.43. The van der Waals surface area contributed by atoms with Crippen LogP contribution in [0.5, 0.6) is 23.0 Å². The van der Waals surface area contributed by atoms with Gasteiger partial charge in [-0.2, -0.15) is 0 Å². The monoisotopic (exact) mass is 692 g/mol. The lowest BCUT2D eigenvalue weighted by Crippen LogP contribution is -2.11. The molecule has 0 saturated carbocycles. The van der Waals surface area contributed by atoms with Gasteiger partial charge >= 0.3 is 35.8 Å². The van der Waals surface area contributed by atoms with Gasteiger partial charge in [-0.3, -0.25) is 9.59 Å². The van der Waals surface area contributed by atoms with E-state index >= 15 is 0 Å². The quantitative estimate of drug-likeness (QED) is 0.0627. The van der Waals surface area contributed by atoms with Gasteiger partial charge in [0, 0.05) is 31.1 Å². The highest BCUT2D eigenvalue weighted by molar-refractivity contribution is 6.32. The Bertz CT molecular complexity index is 1660. The zero-order chi connectivity index (χ0) is 35.6. The minimum absolute atomic E-state index is 0.00279. The summed E-state index contributed by atoms with van der Waals surface area (Å²) < 4.78 is 30.9. The molecule has 0 radical (unpaired) electrons. The van der Waals surface area contributed by atoms with E-state index in [1.165, 1.54) is 66.7 Å². The smallest absolute Gasteiger partial charge is 0.343 e. The molecule has 0 bridgehead atoms. The van der Waals surface area contributed by atoms with Crippen LogP contribution >= 0.6 is 11.6 Å². The largest absolute Gasteiger partial charge is 0.463 e. The molecule has 0 heterocycles. The van der Waals surface area contributed by atoms with E-state index in [-0.39, 0.29) is 71.6 Å². The van der Waals surface area contributed by atoms with Crippen LogP contribution in [0.4, 0.5) is 0 Å². The van der Waals surface area contributed by atoms with Gasteiger partial charge in [-0.25, -0.2) is 19.2 Å². The highest BCUT2D eigenvalue weighted by Gasteiger charge is 2.16. The first-order valence-corrected chi connectivity index (χ1v) is 15.4. The Kier molecular flexibility index (Phi) is 15.2. The van der Waals surface area contributed by atoms with E-state index in [9.17, 15) is 28.8 Å². The van der Waals surface area contributed by atoms with Crippen LogP contribution in [0.3, 0.4) is 0 Å².